The molecule has 4 aliphatic rings. The molecule has 290 valence electrons. The molecule has 0 radical (unpaired) electrons. The number of hydrogen-bond donors (Lipinski definition) is 0. The maximum absolute atomic E-state index is 13.0. The van der Waals surface area contributed by atoms with Gasteiger partial charge in [-0.3, -0.25) is 4.79 Å². The lowest BCUT2D eigenvalue weighted by Crippen LogP contribution is -2.36. The molecule has 3 saturated heterocycles. The summed E-state index contributed by atoms with van der Waals surface area (Å²) in [7, 11) is 0. The third-order valence-electron chi connectivity index (χ3n) is 10.2. The fourth-order valence-corrected chi connectivity index (χ4v) is 7.20. The van der Waals surface area contributed by atoms with Gasteiger partial charge >= 0.3 is 23.9 Å². The second-order valence-corrected chi connectivity index (χ2v) is 14.1. The van der Waals surface area contributed by atoms with Crippen molar-refractivity contribution in [2.24, 2.45) is 5.92 Å². The molecule has 8 rings (SSSR count). The molecule has 13 heteroatoms. The van der Waals surface area contributed by atoms with Crippen molar-refractivity contribution in [1.29, 1.82) is 0 Å². The van der Waals surface area contributed by atoms with E-state index in [0.717, 1.165) is 30.4 Å². The van der Waals surface area contributed by atoms with Crippen LogP contribution in [0.2, 0.25) is 0 Å². The second-order valence-electron chi connectivity index (χ2n) is 14.1. The number of carbonyl (C=O) groups is 4. The minimum atomic E-state index is -0.719. The van der Waals surface area contributed by atoms with E-state index in [-0.39, 0.29) is 36.9 Å². The van der Waals surface area contributed by atoms with E-state index in [9.17, 15) is 19.2 Å². The van der Waals surface area contributed by atoms with Gasteiger partial charge in [-0.25, -0.2) is 14.4 Å². The Morgan fingerprint density at radius 3 is 1.64 bits per heavy atom. The molecular weight excluding hydrogens is 724 g/mol. The highest BCUT2D eigenvalue weighted by Crippen LogP contribution is 2.39. The first-order valence-corrected chi connectivity index (χ1v) is 18.6. The van der Waals surface area contributed by atoms with E-state index in [0.29, 0.717) is 41.8 Å². The highest BCUT2D eigenvalue weighted by atomic mass is 16.7. The number of hydrogen-bond acceptors (Lipinski definition) is 13. The standard InChI is InChI=1S/C43H40O13/c1-25(44)52-33-15-9-30(10-16-33)42(46)55-37-22-49-40-38(23-50-39(37)40)56-43(47)31-11-17-34(18-12-31)53-41(45)29-5-3-27(4-6-29)28-7-13-32(14-8-28)51-24-48-21-26-2-19-35-36(20-26)54-35/h3-18,26,35-40H,2,19-24H2,1H3. The molecule has 4 fully saturated rings. The lowest BCUT2D eigenvalue weighted by molar-refractivity contribution is -0.131. The van der Waals surface area contributed by atoms with Crippen LogP contribution in [0.3, 0.4) is 0 Å². The van der Waals surface area contributed by atoms with Gasteiger partial charge in [-0.1, -0.05) is 24.3 Å². The van der Waals surface area contributed by atoms with Crippen molar-refractivity contribution >= 4 is 23.9 Å². The smallest absolute Gasteiger partial charge is 0.343 e. The Morgan fingerprint density at radius 2 is 1.09 bits per heavy atom. The zero-order valence-corrected chi connectivity index (χ0v) is 30.5. The van der Waals surface area contributed by atoms with E-state index >= 15 is 0 Å². The predicted molar refractivity (Wildman–Crippen MR) is 196 cm³/mol. The first-order valence-electron chi connectivity index (χ1n) is 18.6. The fraction of sp³-hybridized carbons (Fsp3) is 0.349. The Morgan fingerprint density at radius 1 is 0.589 bits per heavy atom. The molecule has 4 aromatic carbocycles. The van der Waals surface area contributed by atoms with Gasteiger partial charge in [0.2, 0.25) is 0 Å². The van der Waals surface area contributed by atoms with Crippen molar-refractivity contribution in [2.45, 2.75) is 62.8 Å². The van der Waals surface area contributed by atoms with Crippen molar-refractivity contribution < 1.29 is 61.8 Å². The van der Waals surface area contributed by atoms with Crippen molar-refractivity contribution in [3.63, 3.8) is 0 Å². The molecule has 0 aromatic heterocycles. The van der Waals surface area contributed by atoms with Gasteiger partial charge in [0.1, 0.15) is 29.5 Å². The van der Waals surface area contributed by atoms with E-state index in [1.807, 2.05) is 36.4 Å². The van der Waals surface area contributed by atoms with Crippen LogP contribution in [-0.4, -0.2) is 87.1 Å². The number of benzene rings is 4. The summed E-state index contributed by atoms with van der Waals surface area (Å²) >= 11 is 0. The highest BCUT2D eigenvalue weighted by Gasteiger charge is 2.51. The van der Waals surface area contributed by atoms with Gasteiger partial charge in [0.15, 0.2) is 19.0 Å². The molecule has 1 aliphatic carbocycles. The van der Waals surface area contributed by atoms with Crippen molar-refractivity contribution in [3.8, 4) is 28.4 Å². The molecule has 4 aromatic rings. The Kier molecular flexibility index (Phi) is 11.1. The average Bonchev–Trinajstić information content (AvgIpc) is 3.72. The molecule has 7 unspecified atom stereocenters. The fourth-order valence-electron chi connectivity index (χ4n) is 7.20. The molecule has 0 N–H and O–H groups in total. The van der Waals surface area contributed by atoms with Crippen LogP contribution in [0.15, 0.2) is 97.1 Å². The van der Waals surface area contributed by atoms with E-state index < -0.39 is 48.3 Å². The maximum atomic E-state index is 13.0. The van der Waals surface area contributed by atoms with Gasteiger partial charge in [-0.05, 0) is 109 Å². The van der Waals surface area contributed by atoms with Crippen LogP contribution in [0.4, 0.5) is 0 Å². The van der Waals surface area contributed by atoms with Crippen LogP contribution in [0, 0.1) is 5.92 Å². The molecular formula is C43H40O13. The summed E-state index contributed by atoms with van der Waals surface area (Å²) in [4.78, 5) is 49.8. The van der Waals surface area contributed by atoms with Crippen LogP contribution in [0.25, 0.3) is 11.1 Å². The number of esters is 4. The maximum Gasteiger partial charge on any atom is 0.343 e. The summed E-state index contributed by atoms with van der Waals surface area (Å²) in [6, 6.07) is 26.7. The first-order chi connectivity index (χ1) is 27.3. The van der Waals surface area contributed by atoms with E-state index in [4.69, 9.17) is 42.6 Å². The Balaban J connectivity index is 0.769. The summed E-state index contributed by atoms with van der Waals surface area (Å²) in [6.07, 6.45) is 1.61. The molecule has 7 atom stereocenters. The van der Waals surface area contributed by atoms with Crippen LogP contribution in [0.5, 0.6) is 17.2 Å². The molecule has 1 saturated carbocycles. The molecule has 0 amide bonds. The Hall–Kier alpha value is -5.60. The number of fused-ring (bicyclic) bond motifs is 2. The molecule has 3 heterocycles. The lowest BCUT2D eigenvalue weighted by atomic mass is 9.90. The van der Waals surface area contributed by atoms with Gasteiger partial charge in [-0.2, -0.15) is 0 Å². The first kappa shape index (κ1) is 37.3. The van der Waals surface area contributed by atoms with Crippen LogP contribution in [-0.2, 0) is 33.2 Å². The van der Waals surface area contributed by atoms with Crippen LogP contribution in [0.1, 0.15) is 57.3 Å². The summed E-state index contributed by atoms with van der Waals surface area (Å²) < 4.78 is 50.6. The quantitative estimate of drug-likeness (QED) is 0.0517. The van der Waals surface area contributed by atoms with Gasteiger partial charge in [0.05, 0.1) is 48.7 Å². The summed E-state index contributed by atoms with van der Waals surface area (Å²) in [6.45, 7) is 2.30. The third-order valence-corrected chi connectivity index (χ3v) is 10.2. The molecule has 0 spiro atoms. The summed E-state index contributed by atoms with van der Waals surface area (Å²) in [5.74, 6) is -0.411. The van der Waals surface area contributed by atoms with Gasteiger partial charge < -0.3 is 42.6 Å². The minimum Gasteiger partial charge on any atom is -0.468 e. The zero-order valence-electron chi connectivity index (χ0n) is 30.5. The topological polar surface area (TPSA) is 155 Å². The van der Waals surface area contributed by atoms with E-state index in [2.05, 4.69) is 0 Å². The molecule has 0 bridgehead atoms. The Bertz CT molecular complexity index is 2030. The summed E-state index contributed by atoms with van der Waals surface area (Å²) in [5, 5.41) is 0. The van der Waals surface area contributed by atoms with Gasteiger partial charge in [0, 0.05) is 6.92 Å². The molecule has 56 heavy (non-hydrogen) atoms. The Labute approximate surface area is 322 Å². The third kappa shape index (κ3) is 8.92. The second kappa shape index (κ2) is 16.6. The van der Waals surface area contributed by atoms with Crippen LogP contribution < -0.4 is 14.2 Å². The predicted octanol–water partition coefficient (Wildman–Crippen LogP) is 5.97. The number of epoxide rings is 1. The number of carbonyl (C=O) groups excluding carboxylic acids is 4. The number of ether oxygens (including phenoxy) is 9. The highest BCUT2D eigenvalue weighted by molar-refractivity contribution is 5.92. The van der Waals surface area contributed by atoms with Crippen molar-refractivity contribution in [2.75, 3.05) is 26.6 Å². The van der Waals surface area contributed by atoms with Crippen molar-refractivity contribution in [3.05, 3.63) is 114 Å². The minimum absolute atomic E-state index is 0.0632. The van der Waals surface area contributed by atoms with Crippen LogP contribution >= 0.6 is 0 Å². The van der Waals surface area contributed by atoms with Crippen molar-refractivity contribution in [1.82, 2.24) is 0 Å². The molecule has 3 aliphatic heterocycles. The monoisotopic (exact) mass is 764 g/mol. The lowest BCUT2D eigenvalue weighted by Gasteiger charge is -2.18. The molecule has 13 nitrogen and oxygen atoms in total. The van der Waals surface area contributed by atoms with E-state index in [1.54, 1.807) is 12.1 Å². The normalized spacial score (nSPS) is 24.6. The summed E-state index contributed by atoms with van der Waals surface area (Å²) in [5.41, 5.74) is 2.76. The number of rotatable bonds is 13. The SMILES string of the molecule is CC(=O)Oc1ccc(C(=O)OC2COC3C(OC(=O)c4ccc(OC(=O)c5ccc(-c6ccc(OCOCC7CCC8OC8C7)cc6)cc5)cc4)COC23)cc1. The van der Waals surface area contributed by atoms with Gasteiger partial charge in [0.25, 0.3) is 0 Å². The average molecular weight is 765 g/mol. The van der Waals surface area contributed by atoms with E-state index in [1.165, 1.54) is 55.5 Å². The zero-order chi connectivity index (χ0) is 38.6. The van der Waals surface area contributed by atoms with Gasteiger partial charge in [-0.15, -0.1) is 0 Å². The largest absolute Gasteiger partial charge is 0.468 e.